The number of rotatable bonds is 4. The molecule has 0 aromatic rings. The van der Waals surface area contributed by atoms with Gasteiger partial charge in [-0.25, -0.2) is 0 Å². The molecule has 0 spiro atoms. The smallest absolute Gasteiger partial charge is 0.0681 e. The molecule has 0 saturated heterocycles. The zero-order valence-electron chi connectivity index (χ0n) is 6.83. The molecule has 12 heavy (non-hydrogen) atoms. The molecule has 0 heterocycles. The third kappa shape index (κ3) is 1.76. The van der Waals surface area contributed by atoms with E-state index in [1.54, 1.807) is 0 Å². The Kier molecular flexibility index (Phi) is 2.89. The van der Waals surface area contributed by atoms with Gasteiger partial charge in [-0.05, 0) is 37.5 Å². The zero-order chi connectivity index (χ0) is 8.60. The highest BCUT2D eigenvalue weighted by Crippen LogP contribution is 2.53. The van der Waals surface area contributed by atoms with Crippen molar-refractivity contribution in [2.75, 3.05) is 6.61 Å². The number of hydrogen-bond acceptors (Lipinski definition) is 3. The molecular formula is C8H13IO2S. The van der Waals surface area contributed by atoms with Crippen LogP contribution in [0.3, 0.4) is 0 Å². The van der Waals surface area contributed by atoms with Crippen LogP contribution in [0.1, 0.15) is 25.7 Å². The summed E-state index contributed by atoms with van der Waals surface area (Å²) in [6, 6.07) is 0. The van der Waals surface area contributed by atoms with E-state index in [1.807, 2.05) is 0 Å². The molecule has 0 unspecified atom stereocenters. The fourth-order valence-electron chi connectivity index (χ4n) is 2.09. The average molecular weight is 300 g/mol. The van der Waals surface area contributed by atoms with Crippen LogP contribution in [0, 0.1) is 11.8 Å². The first-order valence-electron chi connectivity index (χ1n) is 4.39. The Hall–Kier alpha value is 1.00. The minimum Gasteiger partial charge on any atom is -0.390 e. The molecule has 0 aromatic carbocycles. The van der Waals surface area contributed by atoms with Gasteiger partial charge in [0.2, 0.25) is 0 Å². The van der Waals surface area contributed by atoms with Gasteiger partial charge >= 0.3 is 0 Å². The molecule has 4 heteroatoms. The van der Waals surface area contributed by atoms with Gasteiger partial charge in [0.1, 0.15) is 0 Å². The van der Waals surface area contributed by atoms with Crippen molar-refractivity contribution in [2.45, 2.75) is 31.3 Å². The van der Waals surface area contributed by atoms with E-state index in [0.717, 1.165) is 19.4 Å². The molecule has 0 amide bonds. The molecule has 2 saturated carbocycles. The fraction of sp³-hybridized carbons (Fsp3) is 1.00. The summed E-state index contributed by atoms with van der Waals surface area (Å²) in [4.78, 5) is 0. The second-order valence-corrected chi connectivity index (χ2v) is 5.34. The first kappa shape index (κ1) is 9.55. The topological polar surface area (TPSA) is 29.5 Å². The van der Waals surface area contributed by atoms with Gasteiger partial charge in [0.25, 0.3) is 0 Å². The quantitative estimate of drug-likeness (QED) is 0.639. The van der Waals surface area contributed by atoms with Gasteiger partial charge < -0.3 is 9.29 Å². The van der Waals surface area contributed by atoms with Crippen molar-refractivity contribution in [3.8, 4) is 0 Å². The summed E-state index contributed by atoms with van der Waals surface area (Å²) in [6.45, 7) is 0.820. The van der Waals surface area contributed by atoms with E-state index in [-0.39, 0.29) is 5.60 Å². The molecule has 0 radical (unpaired) electrons. The van der Waals surface area contributed by atoms with E-state index in [4.69, 9.17) is 4.18 Å². The fourth-order valence-corrected chi connectivity index (χ4v) is 2.75. The lowest BCUT2D eigenvalue weighted by Crippen LogP contribution is -2.39. The Labute approximate surface area is 89.2 Å². The highest BCUT2D eigenvalue weighted by atomic mass is 127. The first-order chi connectivity index (χ1) is 5.76. The first-order valence-corrected chi connectivity index (χ1v) is 7.67. The van der Waals surface area contributed by atoms with E-state index in [0.29, 0.717) is 11.8 Å². The molecule has 2 atom stereocenters. The standard InChI is InChI=1S/C8H13IO2S/c9-12-11-5-6-1-2-7(6)8(10)3-4-8/h6-7,10H,1-5H2/t6-,7+/m0/s1. The summed E-state index contributed by atoms with van der Waals surface area (Å²) in [7, 11) is 1.40. The molecule has 2 rings (SSSR count). The van der Waals surface area contributed by atoms with Crippen LogP contribution < -0.4 is 0 Å². The second kappa shape index (κ2) is 3.63. The lowest BCUT2D eigenvalue weighted by molar-refractivity contribution is -0.0220. The third-order valence-corrected chi connectivity index (χ3v) is 4.18. The number of hydrogen-bond donors (Lipinski definition) is 1. The van der Waals surface area contributed by atoms with Crippen LogP contribution in [-0.4, -0.2) is 17.3 Å². The van der Waals surface area contributed by atoms with E-state index in [1.165, 1.54) is 22.1 Å². The molecule has 2 aliphatic carbocycles. The van der Waals surface area contributed by atoms with Gasteiger partial charge in [-0.1, -0.05) is 0 Å². The molecule has 70 valence electrons. The highest BCUT2D eigenvalue weighted by molar-refractivity contribution is 14.2. The predicted molar refractivity (Wildman–Crippen MR) is 58.0 cm³/mol. The summed E-state index contributed by atoms with van der Waals surface area (Å²) in [5.41, 5.74) is -0.276. The van der Waals surface area contributed by atoms with Crippen molar-refractivity contribution in [2.24, 2.45) is 11.8 Å². The lowest BCUT2D eigenvalue weighted by atomic mass is 9.70. The normalized spacial score (nSPS) is 37.5. The van der Waals surface area contributed by atoms with Crippen molar-refractivity contribution >= 4 is 30.4 Å². The molecule has 2 aliphatic rings. The summed E-state index contributed by atoms with van der Waals surface area (Å²) in [6.07, 6.45) is 4.48. The van der Waals surface area contributed by atoms with E-state index < -0.39 is 0 Å². The zero-order valence-corrected chi connectivity index (χ0v) is 9.81. The molecular weight excluding hydrogens is 287 g/mol. The minimum atomic E-state index is -0.276. The Morgan fingerprint density at radius 2 is 2.25 bits per heavy atom. The highest BCUT2D eigenvalue weighted by Gasteiger charge is 2.53. The van der Waals surface area contributed by atoms with Crippen LogP contribution in [0.15, 0.2) is 0 Å². The van der Waals surface area contributed by atoms with Crippen LogP contribution in [-0.2, 0) is 4.18 Å². The van der Waals surface area contributed by atoms with Gasteiger partial charge in [-0.2, -0.15) is 0 Å². The summed E-state index contributed by atoms with van der Waals surface area (Å²) in [5, 5.41) is 9.85. The largest absolute Gasteiger partial charge is 0.390 e. The van der Waals surface area contributed by atoms with Crippen molar-refractivity contribution in [1.82, 2.24) is 0 Å². The van der Waals surface area contributed by atoms with Crippen molar-refractivity contribution < 1.29 is 9.29 Å². The van der Waals surface area contributed by atoms with Crippen LogP contribution in [0.5, 0.6) is 0 Å². The van der Waals surface area contributed by atoms with Gasteiger partial charge in [0, 0.05) is 21.2 Å². The summed E-state index contributed by atoms with van der Waals surface area (Å²) in [5.74, 6) is 1.17. The Bertz CT molecular complexity index is 172. The number of halogens is 1. The summed E-state index contributed by atoms with van der Waals surface area (Å²) >= 11 is 2.14. The maximum atomic E-state index is 9.85. The Balaban J connectivity index is 1.77. The van der Waals surface area contributed by atoms with Gasteiger partial charge in [-0.15, -0.1) is 0 Å². The van der Waals surface area contributed by atoms with Gasteiger partial charge in [-0.3, -0.25) is 0 Å². The van der Waals surface area contributed by atoms with Crippen LogP contribution in [0.25, 0.3) is 0 Å². The van der Waals surface area contributed by atoms with Crippen molar-refractivity contribution in [3.05, 3.63) is 0 Å². The van der Waals surface area contributed by atoms with Gasteiger partial charge in [0.05, 0.1) is 21.4 Å². The second-order valence-electron chi connectivity index (χ2n) is 3.90. The van der Waals surface area contributed by atoms with Crippen LogP contribution in [0.4, 0.5) is 0 Å². The summed E-state index contributed by atoms with van der Waals surface area (Å²) < 4.78 is 5.28. The third-order valence-electron chi connectivity index (χ3n) is 3.20. The maximum absolute atomic E-state index is 9.85. The average Bonchev–Trinajstić information content (AvgIpc) is 2.67. The SMILES string of the molecule is OC1([C@@H]2CC[C@H]2COSI)CC1. The van der Waals surface area contributed by atoms with E-state index >= 15 is 0 Å². The minimum absolute atomic E-state index is 0.276. The van der Waals surface area contributed by atoms with E-state index in [2.05, 4.69) is 21.2 Å². The van der Waals surface area contributed by atoms with E-state index in [9.17, 15) is 5.11 Å². The molecule has 2 nitrogen and oxygen atoms in total. The predicted octanol–water partition coefficient (Wildman–Crippen LogP) is 2.55. The molecule has 0 bridgehead atoms. The van der Waals surface area contributed by atoms with Crippen LogP contribution in [0.2, 0.25) is 0 Å². The Morgan fingerprint density at radius 1 is 1.50 bits per heavy atom. The van der Waals surface area contributed by atoms with Crippen molar-refractivity contribution in [3.63, 3.8) is 0 Å². The van der Waals surface area contributed by atoms with Crippen molar-refractivity contribution in [1.29, 1.82) is 0 Å². The maximum Gasteiger partial charge on any atom is 0.0681 e. The molecule has 0 aromatic heterocycles. The molecule has 1 N–H and O–H groups in total. The molecule has 0 aliphatic heterocycles. The lowest BCUT2D eigenvalue weighted by Gasteiger charge is -2.39. The monoisotopic (exact) mass is 300 g/mol. The van der Waals surface area contributed by atoms with Gasteiger partial charge in [0.15, 0.2) is 0 Å². The molecule has 2 fully saturated rings. The van der Waals surface area contributed by atoms with Crippen LogP contribution >= 0.6 is 30.4 Å². The Morgan fingerprint density at radius 3 is 2.67 bits per heavy atom. The number of aliphatic hydroxyl groups is 1.